The minimum Gasteiger partial charge on any atom is -0.494 e. The van der Waals surface area contributed by atoms with Gasteiger partial charge < -0.3 is 10.1 Å². The number of halogens is 1. The number of rotatable bonds is 6. The molecule has 0 fully saturated rings. The van der Waals surface area contributed by atoms with Crippen molar-refractivity contribution in [3.63, 3.8) is 0 Å². The zero-order valence-corrected chi connectivity index (χ0v) is 13.6. The molecule has 0 aliphatic heterocycles. The van der Waals surface area contributed by atoms with Crippen molar-refractivity contribution in [2.75, 3.05) is 13.2 Å². The first-order valence-electron chi connectivity index (χ1n) is 6.44. The van der Waals surface area contributed by atoms with Crippen molar-refractivity contribution >= 4 is 27.3 Å². The Bertz CT molecular complexity index is 526. The van der Waals surface area contributed by atoms with E-state index in [4.69, 9.17) is 4.74 Å². The maximum Gasteiger partial charge on any atom is 0.124 e. The van der Waals surface area contributed by atoms with Crippen molar-refractivity contribution in [3.05, 3.63) is 50.6 Å². The van der Waals surface area contributed by atoms with Gasteiger partial charge in [-0.3, -0.25) is 0 Å². The highest BCUT2D eigenvalue weighted by atomic mass is 79.9. The van der Waals surface area contributed by atoms with Gasteiger partial charge in [-0.05, 0) is 46.4 Å². The standard InChI is InChI=1S/C15H18BrNOS/c1-3-17-15(12-9-19-10-13(12)16)11-7-5-6-8-14(11)18-4-2/h5-10,15,17H,3-4H2,1-2H3. The Hall–Kier alpha value is -0.840. The second kappa shape index (κ2) is 7.08. The largest absolute Gasteiger partial charge is 0.494 e. The molecule has 1 heterocycles. The van der Waals surface area contributed by atoms with Gasteiger partial charge in [0.1, 0.15) is 5.75 Å². The van der Waals surface area contributed by atoms with Crippen LogP contribution < -0.4 is 10.1 Å². The van der Waals surface area contributed by atoms with Gasteiger partial charge in [-0.1, -0.05) is 25.1 Å². The molecule has 1 N–H and O–H groups in total. The van der Waals surface area contributed by atoms with Gasteiger partial charge in [-0.2, -0.15) is 11.3 Å². The molecule has 1 unspecified atom stereocenters. The van der Waals surface area contributed by atoms with Crippen LogP contribution in [0.3, 0.4) is 0 Å². The van der Waals surface area contributed by atoms with Gasteiger partial charge in [0.2, 0.25) is 0 Å². The van der Waals surface area contributed by atoms with E-state index >= 15 is 0 Å². The Morgan fingerprint density at radius 3 is 2.63 bits per heavy atom. The van der Waals surface area contributed by atoms with Crippen LogP contribution in [0.1, 0.15) is 31.0 Å². The van der Waals surface area contributed by atoms with E-state index in [0.717, 1.165) is 16.8 Å². The molecule has 2 aromatic rings. The number of thiophene rings is 1. The fourth-order valence-corrected chi connectivity index (χ4v) is 3.65. The molecule has 0 saturated carbocycles. The van der Waals surface area contributed by atoms with Crippen LogP contribution in [-0.2, 0) is 0 Å². The number of ether oxygens (including phenoxy) is 1. The Morgan fingerprint density at radius 2 is 2.00 bits per heavy atom. The molecule has 1 atom stereocenters. The molecular weight excluding hydrogens is 322 g/mol. The lowest BCUT2D eigenvalue weighted by atomic mass is 10.0. The van der Waals surface area contributed by atoms with E-state index in [9.17, 15) is 0 Å². The Balaban J connectivity index is 2.42. The van der Waals surface area contributed by atoms with Gasteiger partial charge in [0.25, 0.3) is 0 Å². The summed E-state index contributed by atoms with van der Waals surface area (Å²) < 4.78 is 6.90. The molecule has 0 saturated heterocycles. The first-order chi connectivity index (χ1) is 9.27. The highest BCUT2D eigenvalue weighted by molar-refractivity contribution is 9.10. The first-order valence-corrected chi connectivity index (χ1v) is 8.18. The number of hydrogen-bond acceptors (Lipinski definition) is 3. The van der Waals surface area contributed by atoms with Crippen molar-refractivity contribution in [3.8, 4) is 5.75 Å². The third kappa shape index (κ3) is 3.38. The minimum absolute atomic E-state index is 0.161. The lowest BCUT2D eigenvalue weighted by Gasteiger charge is -2.21. The summed E-state index contributed by atoms with van der Waals surface area (Å²) in [6.07, 6.45) is 0. The molecule has 19 heavy (non-hydrogen) atoms. The van der Waals surface area contributed by atoms with Crippen LogP contribution in [0.5, 0.6) is 5.75 Å². The SMILES string of the molecule is CCNC(c1cscc1Br)c1ccccc1OCC. The van der Waals surface area contributed by atoms with Gasteiger partial charge in [0.15, 0.2) is 0 Å². The van der Waals surface area contributed by atoms with Crippen molar-refractivity contribution in [1.29, 1.82) is 0 Å². The molecule has 0 aliphatic rings. The Morgan fingerprint density at radius 1 is 1.21 bits per heavy atom. The maximum absolute atomic E-state index is 5.75. The lowest BCUT2D eigenvalue weighted by molar-refractivity contribution is 0.333. The summed E-state index contributed by atoms with van der Waals surface area (Å²) in [6, 6.07) is 8.39. The maximum atomic E-state index is 5.75. The zero-order valence-electron chi connectivity index (χ0n) is 11.2. The van der Waals surface area contributed by atoms with E-state index in [0.29, 0.717) is 6.61 Å². The summed E-state index contributed by atoms with van der Waals surface area (Å²) in [6.45, 7) is 5.73. The molecule has 0 spiro atoms. The van der Waals surface area contributed by atoms with E-state index in [2.05, 4.69) is 51.1 Å². The molecule has 0 aliphatic carbocycles. The van der Waals surface area contributed by atoms with Gasteiger partial charge >= 0.3 is 0 Å². The zero-order chi connectivity index (χ0) is 13.7. The van der Waals surface area contributed by atoms with Gasteiger partial charge in [-0.25, -0.2) is 0 Å². The molecule has 0 radical (unpaired) electrons. The third-order valence-electron chi connectivity index (χ3n) is 2.89. The van der Waals surface area contributed by atoms with Crippen LogP contribution in [-0.4, -0.2) is 13.2 Å². The fraction of sp³-hybridized carbons (Fsp3) is 0.333. The van der Waals surface area contributed by atoms with Crippen molar-refractivity contribution in [2.45, 2.75) is 19.9 Å². The molecule has 0 bridgehead atoms. The van der Waals surface area contributed by atoms with E-state index in [1.807, 2.05) is 19.1 Å². The van der Waals surface area contributed by atoms with E-state index < -0.39 is 0 Å². The fourth-order valence-electron chi connectivity index (χ4n) is 2.09. The molecule has 2 rings (SSSR count). The van der Waals surface area contributed by atoms with Crippen LogP contribution >= 0.6 is 27.3 Å². The average molecular weight is 340 g/mol. The highest BCUT2D eigenvalue weighted by Gasteiger charge is 2.19. The number of hydrogen-bond donors (Lipinski definition) is 1. The number of nitrogens with one attached hydrogen (secondary N) is 1. The van der Waals surface area contributed by atoms with E-state index in [1.54, 1.807) is 11.3 Å². The summed E-state index contributed by atoms with van der Waals surface area (Å²) in [4.78, 5) is 0. The molecule has 2 nitrogen and oxygen atoms in total. The Kier molecular flexibility index (Phi) is 5.43. The van der Waals surface area contributed by atoms with Crippen LogP contribution in [0, 0.1) is 0 Å². The van der Waals surface area contributed by atoms with Gasteiger partial charge in [0.05, 0.1) is 12.6 Å². The topological polar surface area (TPSA) is 21.3 Å². The van der Waals surface area contributed by atoms with Crippen LogP contribution in [0.25, 0.3) is 0 Å². The molecule has 102 valence electrons. The minimum atomic E-state index is 0.161. The quantitative estimate of drug-likeness (QED) is 0.829. The summed E-state index contributed by atoms with van der Waals surface area (Å²) >= 11 is 5.33. The predicted molar refractivity (Wildman–Crippen MR) is 85.1 cm³/mol. The second-order valence-corrected chi connectivity index (χ2v) is 5.73. The second-order valence-electron chi connectivity index (χ2n) is 4.14. The molecule has 0 amide bonds. The predicted octanol–water partition coefficient (Wildman–Crippen LogP) is 4.61. The molecule has 4 heteroatoms. The summed E-state index contributed by atoms with van der Waals surface area (Å²) in [7, 11) is 0. The highest BCUT2D eigenvalue weighted by Crippen LogP contribution is 2.35. The molecule has 1 aromatic carbocycles. The van der Waals surface area contributed by atoms with Gasteiger partial charge in [-0.15, -0.1) is 0 Å². The summed E-state index contributed by atoms with van der Waals surface area (Å²) in [5.41, 5.74) is 2.45. The molecule has 1 aromatic heterocycles. The van der Waals surface area contributed by atoms with Crippen molar-refractivity contribution in [2.24, 2.45) is 0 Å². The van der Waals surface area contributed by atoms with Crippen LogP contribution in [0.15, 0.2) is 39.5 Å². The lowest BCUT2D eigenvalue weighted by Crippen LogP contribution is -2.22. The van der Waals surface area contributed by atoms with Crippen molar-refractivity contribution < 1.29 is 4.74 Å². The molecular formula is C15H18BrNOS. The Labute approximate surface area is 126 Å². The smallest absolute Gasteiger partial charge is 0.124 e. The monoisotopic (exact) mass is 339 g/mol. The van der Waals surface area contributed by atoms with E-state index in [1.165, 1.54) is 11.1 Å². The average Bonchev–Trinajstić information content (AvgIpc) is 2.84. The third-order valence-corrected chi connectivity index (χ3v) is 4.64. The normalized spacial score (nSPS) is 12.4. The number of para-hydroxylation sites is 1. The van der Waals surface area contributed by atoms with Crippen molar-refractivity contribution in [1.82, 2.24) is 5.32 Å². The van der Waals surface area contributed by atoms with Crippen LogP contribution in [0.2, 0.25) is 0 Å². The summed E-state index contributed by atoms with van der Waals surface area (Å²) in [5, 5.41) is 7.83. The van der Waals surface area contributed by atoms with E-state index in [-0.39, 0.29) is 6.04 Å². The van der Waals surface area contributed by atoms with Crippen LogP contribution in [0.4, 0.5) is 0 Å². The number of benzene rings is 1. The first kappa shape index (κ1) is 14.6. The summed E-state index contributed by atoms with van der Waals surface area (Å²) in [5.74, 6) is 0.953. The van der Waals surface area contributed by atoms with Gasteiger partial charge in [0, 0.05) is 15.4 Å².